The van der Waals surface area contributed by atoms with Crippen LogP contribution in [0.1, 0.15) is 36.1 Å². The zero-order valence-electron chi connectivity index (χ0n) is 17.4. The Morgan fingerprint density at radius 3 is 2.21 bits per heavy atom. The highest BCUT2D eigenvalue weighted by molar-refractivity contribution is 5.79. The van der Waals surface area contributed by atoms with Crippen molar-refractivity contribution in [2.45, 2.75) is 25.7 Å². The Kier molecular flexibility index (Phi) is 6.98. The van der Waals surface area contributed by atoms with Gasteiger partial charge in [-0.1, -0.05) is 30.3 Å². The molecule has 3 rings (SSSR count). The molecule has 1 atom stereocenters. The molecular formula is C21H29N5O3. The lowest BCUT2D eigenvalue weighted by atomic mass is 9.95. The topological polar surface area (TPSA) is 82.8 Å². The monoisotopic (exact) mass is 399 g/mol. The van der Waals surface area contributed by atoms with E-state index < -0.39 is 0 Å². The lowest BCUT2D eigenvalue weighted by Crippen LogP contribution is -2.51. The van der Waals surface area contributed by atoms with Gasteiger partial charge in [0, 0.05) is 52.5 Å². The number of rotatable bonds is 7. The first kappa shape index (κ1) is 21.0. The van der Waals surface area contributed by atoms with Crippen molar-refractivity contribution in [2.75, 3.05) is 46.8 Å². The first-order valence-electron chi connectivity index (χ1n) is 9.99. The summed E-state index contributed by atoms with van der Waals surface area (Å²) >= 11 is 0. The summed E-state index contributed by atoms with van der Waals surface area (Å²) in [6.45, 7) is 4.74. The first-order valence-corrected chi connectivity index (χ1v) is 9.99. The summed E-state index contributed by atoms with van der Waals surface area (Å²) in [5.41, 5.74) is 0.974. The standard InChI is InChI=1S/C21H29N5O3/c1-16-22-23-21(29-16)18(17-7-5-4-6-8-17)15-20(28)26-13-11-25(12-14-26)19(27)9-10-24(2)3/h4-8,18H,9-15H2,1-3H3. The van der Waals surface area contributed by atoms with Crippen LogP contribution in [-0.2, 0) is 9.59 Å². The Bertz CT molecular complexity index is 813. The van der Waals surface area contributed by atoms with E-state index >= 15 is 0 Å². The summed E-state index contributed by atoms with van der Waals surface area (Å²) in [5, 5.41) is 8.07. The molecule has 0 aliphatic carbocycles. The molecule has 1 aliphatic heterocycles. The quantitative estimate of drug-likeness (QED) is 0.702. The van der Waals surface area contributed by atoms with Crippen LogP contribution in [0.2, 0.25) is 0 Å². The van der Waals surface area contributed by atoms with E-state index in [2.05, 4.69) is 10.2 Å². The average molecular weight is 399 g/mol. The van der Waals surface area contributed by atoms with Gasteiger partial charge in [0.1, 0.15) is 0 Å². The van der Waals surface area contributed by atoms with Crippen molar-refractivity contribution >= 4 is 11.8 Å². The minimum Gasteiger partial charge on any atom is -0.425 e. The van der Waals surface area contributed by atoms with E-state index in [1.165, 1.54) is 0 Å². The van der Waals surface area contributed by atoms with Gasteiger partial charge >= 0.3 is 0 Å². The number of hydrogen-bond acceptors (Lipinski definition) is 6. The Labute approximate surface area is 171 Å². The SMILES string of the molecule is Cc1nnc(C(CC(=O)N2CCN(C(=O)CCN(C)C)CC2)c2ccccc2)o1. The predicted molar refractivity (Wildman–Crippen MR) is 108 cm³/mol. The maximum Gasteiger partial charge on any atom is 0.224 e. The first-order chi connectivity index (χ1) is 13.9. The second kappa shape index (κ2) is 9.65. The van der Waals surface area contributed by atoms with Crippen LogP contribution in [0.25, 0.3) is 0 Å². The fourth-order valence-corrected chi connectivity index (χ4v) is 3.47. The number of hydrogen-bond donors (Lipinski definition) is 0. The van der Waals surface area contributed by atoms with Gasteiger partial charge in [-0.15, -0.1) is 10.2 Å². The number of nitrogens with zero attached hydrogens (tertiary/aromatic N) is 5. The Morgan fingerprint density at radius 2 is 1.66 bits per heavy atom. The van der Waals surface area contributed by atoms with E-state index in [0.717, 1.165) is 12.1 Å². The largest absolute Gasteiger partial charge is 0.425 e. The van der Waals surface area contributed by atoms with E-state index in [-0.39, 0.29) is 24.2 Å². The molecule has 2 aromatic rings. The van der Waals surface area contributed by atoms with Gasteiger partial charge in [0.25, 0.3) is 0 Å². The highest BCUT2D eigenvalue weighted by Crippen LogP contribution is 2.28. The lowest BCUT2D eigenvalue weighted by molar-refractivity contribution is -0.139. The van der Waals surface area contributed by atoms with Crippen molar-refractivity contribution in [3.63, 3.8) is 0 Å². The van der Waals surface area contributed by atoms with Gasteiger partial charge in [-0.05, 0) is 19.7 Å². The third-order valence-corrected chi connectivity index (χ3v) is 5.18. The van der Waals surface area contributed by atoms with Gasteiger partial charge < -0.3 is 19.1 Å². The normalized spacial score (nSPS) is 15.6. The molecule has 156 valence electrons. The second-order valence-electron chi connectivity index (χ2n) is 7.64. The van der Waals surface area contributed by atoms with Crippen LogP contribution in [0, 0.1) is 6.92 Å². The van der Waals surface area contributed by atoms with Crippen LogP contribution in [0.15, 0.2) is 34.7 Å². The smallest absolute Gasteiger partial charge is 0.224 e. The Balaban J connectivity index is 1.60. The van der Waals surface area contributed by atoms with Crippen LogP contribution in [0.3, 0.4) is 0 Å². The molecule has 0 bridgehead atoms. The van der Waals surface area contributed by atoms with Gasteiger partial charge in [0.05, 0.1) is 5.92 Å². The molecule has 2 amide bonds. The summed E-state index contributed by atoms with van der Waals surface area (Å²) in [5.74, 6) is 0.854. The molecule has 1 unspecified atom stereocenters. The molecule has 8 nitrogen and oxygen atoms in total. The number of amides is 2. The number of aryl methyl sites for hydroxylation is 1. The number of piperazine rings is 1. The van der Waals surface area contributed by atoms with Crippen LogP contribution < -0.4 is 0 Å². The number of carbonyl (C=O) groups is 2. The fraction of sp³-hybridized carbons (Fsp3) is 0.524. The molecule has 1 aliphatic rings. The van der Waals surface area contributed by atoms with Crippen LogP contribution in [0.4, 0.5) is 0 Å². The molecule has 0 saturated carbocycles. The molecule has 0 spiro atoms. The van der Waals surface area contributed by atoms with Crippen molar-refractivity contribution in [3.8, 4) is 0 Å². The summed E-state index contributed by atoms with van der Waals surface area (Å²) < 4.78 is 5.63. The zero-order chi connectivity index (χ0) is 20.8. The predicted octanol–water partition coefficient (Wildman–Crippen LogP) is 1.52. The average Bonchev–Trinajstić information content (AvgIpc) is 3.16. The van der Waals surface area contributed by atoms with Crippen LogP contribution in [-0.4, -0.2) is 83.5 Å². The number of carbonyl (C=O) groups excluding carboxylic acids is 2. The van der Waals surface area contributed by atoms with Gasteiger partial charge in [0.2, 0.25) is 23.6 Å². The van der Waals surface area contributed by atoms with Crippen molar-refractivity contribution in [1.29, 1.82) is 0 Å². The summed E-state index contributed by atoms with van der Waals surface area (Å²) in [6, 6.07) is 9.76. The van der Waals surface area contributed by atoms with Gasteiger partial charge in [-0.3, -0.25) is 9.59 Å². The van der Waals surface area contributed by atoms with Crippen molar-refractivity contribution < 1.29 is 14.0 Å². The molecule has 2 heterocycles. The van der Waals surface area contributed by atoms with Crippen molar-refractivity contribution in [3.05, 3.63) is 47.7 Å². The Hall–Kier alpha value is -2.74. The molecule has 29 heavy (non-hydrogen) atoms. The van der Waals surface area contributed by atoms with E-state index in [1.54, 1.807) is 6.92 Å². The summed E-state index contributed by atoms with van der Waals surface area (Å²) in [6.07, 6.45) is 0.772. The molecule has 1 aromatic carbocycles. The highest BCUT2D eigenvalue weighted by atomic mass is 16.4. The number of aromatic nitrogens is 2. The van der Waals surface area contributed by atoms with E-state index in [9.17, 15) is 9.59 Å². The number of benzene rings is 1. The summed E-state index contributed by atoms with van der Waals surface area (Å²) in [7, 11) is 3.91. The van der Waals surface area contributed by atoms with E-state index in [4.69, 9.17) is 4.42 Å². The molecular weight excluding hydrogens is 370 g/mol. The van der Waals surface area contributed by atoms with Gasteiger partial charge in [-0.25, -0.2) is 0 Å². The minimum atomic E-state index is -0.273. The van der Waals surface area contributed by atoms with Crippen LogP contribution >= 0.6 is 0 Å². The molecule has 8 heteroatoms. The van der Waals surface area contributed by atoms with Crippen LogP contribution in [0.5, 0.6) is 0 Å². The van der Waals surface area contributed by atoms with E-state index in [1.807, 2.05) is 59.1 Å². The second-order valence-corrected chi connectivity index (χ2v) is 7.64. The Morgan fingerprint density at radius 1 is 1.03 bits per heavy atom. The summed E-state index contributed by atoms with van der Waals surface area (Å²) in [4.78, 5) is 31.0. The third-order valence-electron chi connectivity index (χ3n) is 5.18. The van der Waals surface area contributed by atoms with Crippen molar-refractivity contribution in [2.24, 2.45) is 0 Å². The zero-order valence-corrected chi connectivity index (χ0v) is 17.4. The lowest BCUT2D eigenvalue weighted by Gasteiger charge is -2.35. The van der Waals surface area contributed by atoms with E-state index in [0.29, 0.717) is 44.4 Å². The molecule has 0 radical (unpaired) electrons. The van der Waals surface area contributed by atoms with Gasteiger partial charge in [-0.2, -0.15) is 0 Å². The molecule has 0 N–H and O–H groups in total. The molecule has 1 aromatic heterocycles. The molecule has 1 fully saturated rings. The maximum atomic E-state index is 13.0. The maximum absolute atomic E-state index is 13.0. The third kappa shape index (κ3) is 5.63. The minimum absolute atomic E-state index is 0.0371. The fourth-order valence-electron chi connectivity index (χ4n) is 3.47. The highest BCUT2D eigenvalue weighted by Gasteiger charge is 2.29. The molecule has 1 saturated heterocycles. The van der Waals surface area contributed by atoms with Gasteiger partial charge in [0.15, 0.2) is 0 Å². The van der Waals surface area contributed by atoms with Crippen molar-refractivity contribution in [1.82, 2.24) is 24.9 Å².